The van der Waals surface area contributed by atoms with E-state index in [0.717, 1.165) is 14.6 Å². The van der Waals surface area contributed by atoms with Gasteiger partial charge in [-0.05, 0) is 33.0 Å². The number of tetrazole rings is 1. The fourth-order valence-electron chi connectivity index (χ4n) is 1.18. The zero-order chi connectivity index (χ0) is 12.3. The SMILES string of the molecule is CCC(=O)On1nnnc1-c1ccsc1SC. The van der Waals surface area contributed by atoms with Gasteiger partial charge in [0.25, 0.3) is 0 Å². The van der Waals surface area contributed by atoms with E-state index in [4.69, 9.17) is 4.84 Å². The normalized spacial score (nSPS) is 10.5. The van der Waals surface area contributed by atoms with E-state index in [1.807, 2.05) is 17.7 Å². The number of thioether (sulfide) groups is 1. The van der Waals surface area contributed by atoms with Crippen molar-refractivity contribution in [1.29, 1.82) is 0 Å². The van der Waals surface area contributed by atoms with Gasteiger partial charge in [-0.25, -0.2) is 4.79 Å². The van der Waals surface area contributed by atoms with Crippen LogP contribution >= 0.6 is 23.1 Å². The molecule has 0 fully saturated rings. The molecule has 0 aliphatic carbocycles. The van der Waals surface area contributed by atoms with Crippen molar-refractivity contribution in [3.05, 3.63) is 11.4 Å². The van der Waals surface area contributed by atoms with Crippen LogP contribution in [0.4, 0.5) is 0 Å². The van der Waals surface area contributed by atoms with Crippen LogP contribution in [0.5, 0.6) is 0 Å². The van der Waals surface area contributed by atoms with E-state index in [1.54, 1.807) is 30.0 Å². The van der Waals surface area contributed by atoms with E-state index in [9.17, 15) is 4.79 Å². The van der Waals surface area contributed by atoms with Crippen molar-refractivity contribution in [2.75, 3.05) is 6.26 Å². The highest BCUT2D eigenvalue weighted by Gasteiger charge is 2.16. The fraction of sp³-hybridized carbons (Fsp3) is 0.333. The van der Waals surface area contributed by atoms with E-state index in [1.165, 1.54) is 0 Å². The lowest BCUT2D eigenvalue weighted by Gasteiger charge is -2.03. The van der Waals surface area contributed by atoms with Gasteiger partial charge >= 0.3 is 5.97 Å². The molecule has 0 saturated carbocycles. The number of carbonyl (C=O) groups excluding carboxylic acids is 1. The maximum absolute atomic E-state index is 11.2. The number of hydrogen-bond donors (Lipinski definition) is 0. The van der Waals surface area contributed by atoms with E-state index in [-0.39, 0.29) is 12.4 Å². The quantitative estimate of drug-likeness (QED) is 0.619. The molecule has 0 aliphatic rings. The van der Waals surface area contributed by atoms with Gasteiger partial charge in [0.2, 0.25) is 5.82 Å². The van der Waals surface area contributed by atoms with E-state index >= 15 is 0 Å². The standard InChI is InChI=1S/C9H10N4O2S2/c1-3-7(14)15-13-8(10-11-12-13)6-4-5-17-9(6)16-2/h4-5H,3H2,1-2H3. The van der Waals surface area contributed by atoms with Gasteiger partial charge in [0.15, 0.2) is 0 Å². The minimum absolute atomic E-state index is 0.276. The fourth-order valence-corrected chi connectivity index (χ4v) is 2.72. The number of hydrogen-bond acceptors (Lipinski definition) is 7. The molecule has 0 N–H and O–H groups in total. The molecule has 0 atom stereocenters. The van der Waals surface area contributed by atoms with Crippen molar-refractivity contribution in [3.63, 3.8) is 0 Å². The highest BCUT2D eigenvalue weighted by atomic mass is 32.2. The van der Waals surface area contributed by atoms with Gasteiger partial charge in [-0.3, -0.25) is 0 Å². The number of thiophene rings is 1. The smallest absolute Gasteiger partial charge is 0.316 e. The molecule has 0 aliphatic heterocycles. The first-order valence-corrected chi connectivity index (χ1v) is 6.98. The Hall–Kier alpha value is -1.41. The molecule has 17 heavy (non-hydrogen) atoms. The van der Waals surface area contributed by atoms with Crippen molar-refractivity contribution >= 4 is 29.1 Å². The minimum Gasteiger partial charge on any atom is -0.316 e. The van der Waals surface area contributed by atoms with Gasteiger partial charge in [-0.2, -0.15) is 0 Å². The van der Waals surface area contributed by atoms with Crippen molar-refractivity contribution in [1.82, 2.24) is 20.4 Å². The zero-order valence-corrected chi connectivity index (χ0v) is 10.9. The molecule has 6 nitrogen and oxygen atoms in total. The molecule has 0 bridgehead atoms. The van der Waals surface area contributed by atoms with Gasteiger partial charge in [0, 0.05) is 12.0 Å². The third-order valence-corrected chi connectivity index (χ3v) is 4.06. The molecule has 0 amide bonds. The Kier molecular flexibility index (Phi) is 3.75. The summed E-state index contributed by atoms with van der Waals surface area (Å²) in [6.07, 6.45) is 2.25. The summed E-state index contributed by atoms with van der Waals surface area (Å²) in [4.78, 5) is 17.3. The van der Waals surface area contributed by atoms with Crippen LogP contribution in [0.1, 0.15) is 13.3 Å². The van der Waals surface area contributed by atoms with E-state index in [2.05, 4.69) is 15.5 Å². The van der Waals surface area contributed by atoms with Crippen molar-refractivity contribution in [2.45, 2.75) is 17.6 Å². The van der Waals surface area contributed by atoms with Crippen LogP contribution in [0.25, 0.3) is 11.4 Å². The van der Waals surface area contributed by atoms with Crippen LogP contribution < -0.4 is 4.84 Å². The first-order valence-electron chi connectivity index (χ1n) is 4.87. The van der Waals surface area contributed by atoms with Crippen LogP contribution in [0.3, 0.4) is 0 Å². The molecule has 2 aromatic rings. The lowest BCUT2D eigenvalue weighted by atomic mass is 10.3. The van der Waals surface area contributed by atoms with E-state index < -0.39 is 0 Å². The van der Waals surface area contributed by atoms with Gasteiger partial charge in [0.1, 0.15) is 0 Å². The molecule has 0 unspecified atom stereocenters. The number of nitrogens with zero attached hydrogens (tertiary/aromatic N) is 4. The maximum Gasteiger partial charge on any atom is 0.334 e. The number of rotatable bonds is 4. The largest absolute Gasteiger partial charge is 0.334 e. The minimum atomic E-state index is -0.375. The topological polar surface area (TPSA) is 69.9 Å². The molecular weight excluding hydrogens is 260 g/mol. The second kappa shape index (κ2) is 5.28. The molecule has 0 radical (unpaired) electrons. The predicted molar refractivity (Wildman–Crippen MR) is 64.8 cm³/mol. The Morgan fingerprint density at radius 1 is 1.65 bits per heavy atom. The highest BCUT2D eigenvalue weighted by molar-refractivity contribution is 8.00. The first kappa shape index (κ1) is 12.1. The Morgan fingerprint density at radius 3 is 3.18 bits per heavy atom. The van der Waals surface area contributed by atoms with Gasteiger partial charge in [0.05, 0.1) is 4.21 Å². The summed E-state index contributed by atoms with van der Waals surface area (Å²) in [6.45, 7) is 1.71. The van der Waals surface area contributed by atoms with Crippen molar-refractivity contribution in [2.24, 2.45) is 0 Å². The summed E-state index contributed by atoms with van der Waals surface area (Å²) in [7, 11) is 0. The maximum atomic E-state index is 11.2. The van der Waals surface area contributed by atoms with Crippen LogP contribution in [-0.4, -0.2) is 32.6 Å². The summed E-state index contributed by atoms with van der Waals surface area (Å²) in [5, 5.41) is 13.0. The Bertz CT molecular complexity index is 523. The van der Waals surface area contributed by atoms with Crippen LogP contribution in [-0.2, 0) is 4.79 Å². The molecule has 8 heteroatoms. The summed E-state index contributed by atoms with van der Waals surface area (Å²) in [6, 6.07) is 1.90. The molecule has 90 valence electrons. The molecule has 2 rings (SSSR count). The summed E-state index contributed by atoms with van der Waals surface area (Å²) >= 11 is 3.20. The summed E-state index contributed by atoms with van der Waals surface area (Å²) < 4.78 is 1.08. The second-order valence-electron chi connectivity index (χ2n) is 3.02. The zero-order valence-electron chi connectivity index (χ0n) is 9.28. The average Bonchev–Trinajstić information content (AvgIpc) is 2.95. The molecule has 0 saturated heterocycles. The number of aromatic nitrogens is 4. The van der Waals surface area contributed by atoms with E-state index in [0.29, 0.717) is 5.82 Å². The Morgan fingerprint density at radius 2 is 2.47 bits per heavy atom. The Labute approximate surface area is 106 Å². The van der Waals surface area contributed by atoms with Crippen LogP contribution in [0.15, 0.2) is 15.7 Å². The first-order chi connectivity index (χ1) is 8.26. The molecule has 2 heterocycles. The predicted octanol–water partition coefficient (Wildman–Crippen LogP) is 1.49. The van der Waals surface area contributed by atoms with Crippen molar-refractivity contribution in [3.8, 4) is 11.4 Å². The second-order valence-corrected chi connectivity index (χ2v) is 5.01. The number of carbonyl (C=O) groups is 1. The third-order valence-electron chi connectivity index (χ3n) is 1.97. The summed E-state index contributed by atoms with van der Waals surface area (Å²) in [5.41, 5.74) is 0.872. The summed E-state index contributed by atoms with van der Waals surface area (Å²) in [5.74, 6) is 0.0666. The lowest BCUT2D eigenvalue weighted by molar-refractivity contribution is -0.145. The third kappa shape index (κ3) is 2.47. The monoisotopic (exact) mass is 270 g/mol. The van der Waals surface area contributed by atoms with Gasteiger partial charge in [-0.15, -0.1) is 28.2 Å². The van der Waals surface area contributed by atoms with Gasteiger partial charge in [-0.1, -0.05) is 6.92 Å². The van der Waals surface area contributed by atoms with Crippen molar-refractivity contribution < 1.29 is 9.63 Å². The van der Waals surface area contributed by atoms with Crippen LogP contribution in [0.2, 0.25) is 0 Å². The van der Waals surface area contributed by atoms with Crippen LogP contribution in [0, 0.1) is 0 Å². The molecule has 0 spiro atoms. The molecule has 0 aromatic carbocycles. The Balaban J connectivity index is 2.33. The molecular formula is C9H10N4O2S2. The lowest BCUT2D eigenvalue weighted by Crippen LogP contribution is -2.21. The molecule has 2 aromatic heterocycles. The van der Waals surface area contributed by atoms with Gasteiger partial charge < -0.3 is 4.84 Å². The average molecular weight is 270 g/mol. The highest BCUT2D eigenvalue weighted by Crippen LogP contribution is 2.33.